The Bertz CT molecular complexity index is 466. The van der Waals surface area contributed by atoms with Gasteiger partial charge in [0.1, 0.15) is 0 Å². The third-order valence-corrected chi connectivity index (χ3v) is 3.40. The number of aromatic nitrogens is 2. The van der Waals surface area contributed by atoms with E-state index in [0.29, 0.717) is 6.04 Å². The molecule has 0 spiro atoms. The Kier molecular flexibility index (Phi) is 2.73. The number of imidazole rings is 1. The monoisotopic (exact) mass is 230 g/mol. The Balaban J connectivity index is 1.77. The fraction of sp³-hybridized carbons (Fsp3) is 0.462. The van der Waals surface area contributed by atoms with Crippen LogP contribution >= 0.6 is 0 Å². The minimum atomic E-state index is 0.605. The first-order valence-electron chi connectivity index (χ1n) is 6.22. The van der Waals surface area contributed by atoms with Gasteiger partial charge in [-0.15, -0.1) is 0 Å². The molecule has 1 aromatic carbocycles. The van der Waals surface area contributed by atoms with Crippen LogP contribution in [0.3, 0.4) is 0 Å². The minimum absolute atomic E-state index is 0.605. The Hall–Kier alpha value is -1.55. The molecular formula is C13H18N4. The van der Waals surface area contributed by atoms with Crippen LogP contribution in [0.2, 0.25) is 0 Å². The van der Waals surface area contributed by atoms with E-state index in [9.17, 15) is 0 Å². The molecule has 1 aromatic heterocycles. The number of nitrogens with one attached hydrogen (secondary N) is 2. The second-order valence-corrected chi connectivity index (χ2v) is 4.75. The predicted molar refractivity (Wildman–Crippen MR) is 70.4 cm³/mol. The molecular weight excluding hydrogens is 212 g/mol. The number of aromatic amines is 1. The summed E-state index contributed by atoms with van der Waals surface area (Å²) in [6.45, 7) is 2.17. The van der Waals surface area contributed by atoms with Crippen molar-refractivity contribution in [2.45, 2.75) is 18.9 Å². The third kappa shape index (κ3) is 2.13. The van der Waals surface area contributed by atoms with Crippen molar-refractivity contribution in [3.8, 4) is 0 Å². The quantitative estimate of drug-likeness (QED) is 0.844. The molecule has 0 aliphatic carbocycles. The Labute approximate surface area is 101 Å². The first-order chi connectivity index (χ1) is 8.33. The molecule has 2 aromatic rings. The summed E-state index contributed by atoms with van der Waals surface area (Å²) in [5, 5.41) is 3.51. The van der Waals surface area contributed by atoms with Crippen molar-refractivity contribution < 1.29 is 0 Å². The van der Waals surface area contributed by atoms with E-state index < -0.39 is 0 Å². The molecule has 90 valence electrons. The Morgan fingerprint density at radius 2 is 2.29 bits per heavy atom. The highest BCUT2D eigenvalue weighted by atomic mass is 15.3. The van der Waals surface area contributed by atoms with Crippen molar-refractivity contribution in [1.82, 2.24) is 15.3 Å². The average Bonchev–Trinajstić information content (AvgIpc) is 2.96. The topological polar surface area (TPSA) is 44.0 Å². The summed E-state index contributed by atoms with van der Waals surface area (Å²) in [6.07, 6.45) is 2.56. The standard InChI is InChI=1S/C13H18N4/c1-17(9-10-5-4-8-14-10)13-15-11-6-2-3-7-12(11)16-13/h2-3,6-7,10,14H,4-5,8-9H2,1H3,(H,15,16)/t10-/m0/s1. The van der Waals surface area contributed by atoms with E-state index in [4.69, 9.17) is 0 Å². The van der Waals surface area contributed by atoms with E-state index in [1.165, 1.54) is 12.8 Å². The van der Waals surface area contributed by atoms with Gasteiger partial charge in [-0.05, 0) is 31.5 Å². The molecule has 0 amide bonds. The van der Waals surface area contributed by atoms with Crippen LogP contribution in [0.25, 0.3) is 11.0 Å². The van der Waals surface area contributed by atoms with E-state index in [1.54, 1.807) is 0 Å². The van der Waals surface area contributed by atoms with Gasteiger partial charge in [0.15, 0.2) is 0 Å². The highest BCUT2D eigenvalue weighted by Crippen LogP contribution is 2.17. The molecule has 0 saturated carbocycles. The zero-order chi connectivity index (χ0) is 11.7. The van der Waals surface area contributed by atoms with Gasteiger partial charge in [-0.25, -0.2) is 4.98 Å². The van der Waals surface area contributed by atoms with Crippen molar-refractivity contribution >= 4 is 17.0 Å². The van der Waals surface area contributed by atoms with Crippen LogP contribution < -0.4 is 10.2 Å². The van der Waals surface area contributed by atoms with Crippen molar-refractivity contribution in [2.75, 3.05) is 25.0 Å². The number of hydrogen-bond acceptors (Lipinski definition) is 3. The molecule has 0 bridgehead atoms. The fourth-order valence-corrected chi connectivity index (χ4v) is 2.45. The molecule has 1 saturated heterocycles. The van der Waals surface area contributed by atoms with E-state index in [1.807, 2.05) is 18.2 Å². The number of rotatable bonds is 3. The van der Waals surface area contributed by atoms with Crippen LogP contribution in [-0.4, -0.2) is 36.1 Å². The molecule has 1 fully saturated rings. The van der Waals surface area contributed by atoms with Crippen LogP contribution in [0, 0.1) is 0 Å². The number of nitrogens with zero attached hydrogens (tertiary/aromatic N) is 2. The Morgan fingerprint density at radius 1 is 1.41 bits per heavy atom. The van der Waals surface area contributed by atoms with Crippen LogP contribution in [0.1, 0.15) is 12.8 Å². The Morgan fingerprint density at radius 3 is 3.06 bits per heavy atom. The first kappa shape index (κ1) is 10.6. The molecule has 1 atom stereocenters. The summed E-state index contributed by atoms with van der Waals surface area (Å²) < 4.78 is 0. The number of benzene rings is 1. The summed E-state index contributed by atoms with van der Waals surface area (Å²) in [5.41, 5.74) is 2.14. The minimum Gasteiger partial charge on any atom is -0.344 e. The van der Waals surface area contributed by atoms with Crippen LogP contribution in [0.5, 0.6) is 0 Å². The second kappa shape index (κ2) is 4.37. The molecule has 2 N–H and O–H groups in total. The zero-order valence-electron chi connectivity index (χ0n) is 10.1. The molecule has 0 unspecified atom stereocenters. The maximum atomic E-state index is 4.60. The smallest absolute Gasteiger partial charge is 0.203 e. The van der Waals surface area contributed by atoms with Gasteiger partial charge < -0.3 is 15.2 Å². The maximum Gasteiger partial charge on any atom is 0.203 e. The molecule has 2 heterocycles. The third-order valence-electron chi connectivity index (χ3n) is 3.40. The lowest BCUT2D eigenvalue weighted by Crippen LogP contribution is -2.35. The first-order valence-corrected chi connectivity index (χ1v) is 6.22. The number of anilines is 1. The maximum absolute atomic E-state index is 4.60. The van der Waals surface area contributed by atoms with Crippen molar-refractivity contribution in [2.24, 2.45) is 0 Å². The van der Waals surface area contributed by atoms with Gasteiger partial charge in [-0.2, -0.15) is 0 Å². The van der Waals surface area contributed by atoms with Crippen LogP contribution in [0.4, 0.5) is 5.95 Å². The summed E-state index contributed by atoms with van der Waals surface area (Å²) in [6, 6.07) is 8.76. The predicted octanol–water partition coefficient (Wildman–Crippen LogP) is 1.75. The lowest BCUT2D eigenvalue weighted by Gasteiger charge is -2.20. The van der Waals surface area contributed by atoms with Gasteiger partial charge in [0, 0.05) is 19.6 Å². The average molecular weight is 230 g/mol. The fourth-order valence-electron chi connectivity index (χ4n) is 2.45. The highest BCUT2D eigenvalue weighted by molar-refractivity contribution is 5.77. The molecule has 1 aliphatic heterocycles. The second-order valence-electron chi connectivity index (χ2n) is 4.75. The number of H-pyrrole nitrogens is 1. The van der Waals surface area contributed by atoms with Crippen molar-refractivity contribution in [1.29, 1.82) is 0 Å². The summed E-state index contributed by atoms with van der Waals surface area (Å²) in [7, 11) is 2.09. The lowest BCUT2D eigenvalue weighted by molar-refractivity contribution is 0.595. The van der Waals surface area contributed by atoms with Gasteiger partial charge in [0.2, 0.25) is 5.95 Å². The zero-order valence-corrected chi connectivity index (χ0v) is 10.1. The van der Waals surface area contributed by atoms with E-state index >= 15 is 0 Å². The largest absolute Gasteiger partial charge is 0.344 e. The van der Waals surface area contributed by atoms with Crippen molar-refractivity contribution in [3.63, 3.8) is 0 Å². The molecule has 17 heavy (non-hydrogen) atoms. The number of fused-ring (bicyclic) bond motifs is 1. The molecule has 0 radical (unpaired) electrons. The molecule has 4 heteroatoms. The summed E-state index contributed by atoms with van der Waals surface area (Å²) in [4.78, 5) is 10.2. The van der Waals surface area contributed by atoms with Crippen LogP contribution in [-0.2, 0) is 0 Å². The van der Waals surface area contributed by atoms with Gasteiger partial charge in [0.25, 0.3) is 0 Å². The number of para-hydroxylation sites is 2. The van der Waals surface area contributed by atoms with E-state index in [0.717, 1.165) is 30.1 Å². The van der Waals surface area contributed by atoms with Crippen LogP contribution in [0.15, 0.2) is 24.3 Å². The summed E-state index contributed by atoms with van der Waals surface area (Å²) in [5.74, 6) is 0.958. The van der Waals surface area contributed by atoms with E-state index in [-0.39, 0.29) is 0 Å². The molecule has 3 rings (SSSR count). The molecule has 4 nitrogen and oxygen atoms in total. The van der Waals surface area contributed by atoms with Gasteiger partial charge >= 0.3 is 0 Å². The normalized spacial score (nSPS) is 19.9. The van der Waals surface area contributed by atoms with Gasteiger partial charge in [-0.3, -0.25) is 0 Å². The van der Waals surface area contributed by atoms with E-state index in [2.05, 4.69) is 33.3 Å². The number of likely N-dealkylation sites (N-methyl/N-ethyl adjacent to an activating group) is 1. The highest BCUT2D eigenvalue weighted by Gasteiger charge is 2.17. The lowest BCUT2D eigenvalue weighted by atomic mass is 10.2. The SMILES string of the molecule is CN(C[C@@H]1CCCN1)c1nc2ccccc2[nH]1. The van der Waals surface area contributed by atoms with Crippen molar-refractivity contribution in [3.05, 3.63) is 24.3 Å². The van der Waals surface area contributed by atoms with Gasteiger partial charge in [0.05, 0.1) is 11.0 Å². The number of hydrogen-bond donors (Lipinski definition) is 2. The molecule has 1 aliphatic rings. The summed E-state index contributed by atoms with van der Waals surface area (Å²) >= 11 is 0. The van der Waals surface area contributed by atoms with Gasteiger partial charge in [-0.1, -0.05) is 12.1 Å².